The van der Waals surface area contributed by atoms with Gasteiger partial charge in [0.1, 0.15) is 11.4 Å². The molecule has 1 amide bonds. The van der Waals surface area contributed by atoms with E-state index in [1.165, 1.54) is 6.42 Å². The Kier molecular flexibility index (Phi) is 3.62. The highest BCUT2D eigenvalue weighted by Crippen LogP contribution is 2.25. The molecule has 1 aromatic carbocycles. The molecule has 1 aliphatic rings. The van der Waals surface area contributed by atoms with Crippen LogP contribution in [0.3, 0.4) is 0 Å². The van der Waals surface area contributed by atoms with Crippen LogP contribution in [0.5, 0.6) is 5.75 Å². The third-order valence-electron chi connectivity index (χ3n) is 4.21. The summed E-state index contributed by atoms with van der Waals surface area (Å²) in [5, 5.41) is 1.01. The topological polar surface area (TPSA) is 45.3 Å². The van der Waals surface area contributed by atoms with E-state index in [1.54, 1.807) is 7.11 Å². The minimum absolute atomic E-state index is 0.101. The van der Waals surface area contributed by atoms with Gasteiger partial charge in [-0.2, -0.15) is 0 Å². The first-order valence-corrected chi connectivity index (χ1v) is 7.53. The second kappa shape index (κ2) is 5.43. The molecule has 2 aromatic rings. The number of benzene rings is 1. The average Bonchev–Trinajstić information content (AvgIpc) is 2.88. The molecular weight excluding hydrogens is 264 g/mol. The van der Waals surface area contributed by atoms with E-state index < -0.39 is 0 Å². The number of carbonyl (C=O) groups is 1. The number of carbonyl (C=O) groups excluding carboxylic acids is 1. The molecule has 0 saturated carbocycles. The van der Waals surface area contributed by atoms with Crippen LogP contribution in [0.2, 0.25) is 0 Å². The zero-order chi connectivity index (χ0) is 15.0. The number of hydrogen-bond acceptors (Lipinski definition) is 2. The summed E-state index contributed by atoms with van der Waals surface area (Å²) in [7, 11) is 1.65. The molecule has 1 aliphatic heterocycles. The van der Waals surface area contributed by atoms with Crippen LogP contribution in [0.15, 0.2) is 24.3 Å². The summed E-state index contributed by atoms with van der Waals surface area (Å²) in [6, 6.07) is 7.72. The van der Waals surface area contributed by atoms with Crippen molar-refractivity contribution >= 4 is 16.8 Å². The largest absolute Gasteiger partial charge is 0.497 e. The predicted molar refractivity (Wildman–Crippen MR) is 83.7 cm³/mol. The zero-order valence-corrected chi connectivity index (χ0v) is 12.8. The highest BCUT2D eigenvalue weighted by molar-refractivity contribution is 5.98. The van der Waals surface area contributed by atoms with Crippen LogP contribution in [0.4, 0.5) is 0 Å². The lowest BCUT2D eigenvalue weighted by Crippen LogP contribution is -2.42. The van der Waals surface area contributed by atoms with Gasteiger partial charge in [-0.05, 0) is 42.5 Å². The first kappa shape index (κ1) is 14.0. The molecule has 0 bridgehead atoms. The Morgan fingerprint density at radius 3 is 2.62 bits per heavy atom. The predicted octanol–water partition coefficient (Wildman–Crippen LogP) is 3.29. The quantitative estimate of drug-likeness (QED) is 0.920. The zero-order valence-electron chi connectivity index (χ0n) is 12.8. The minimum Gasteiger partial charge on any atom is -0.497 e. The van der Waals surface area contributed by atoms with E-state index in [4.69, 9.17) is 4.74 Å². The molecule has 0 spiro atoms. The van der Waals surface area contributed by atoms with Crippen molar-refractivity contribution in [1.82, 2.24) is 9.88 Å². The number of rotatable bonds is 2. The van der Waals surface area contributed by atoms with Crippen LogP contribution in [-0.4, -0.2) is 36.0 Å². The van der Waals surface area contributed by atoms with Crippen LogP contribution >= 0.6 is 0 Å². The van der Waals surface area contributed by atoms with Crippen LogP contribution in [-0.2, 0) is 0 Å². The van der Waals surface area contributed by atoms with Gasteiger partial charge in [0.15, 0.2) is 0 Å². The fourth-order valence-electron chi connectivity index (χ4n) is 3.35. The molecule has 1 fully saturated rings. The summed E-state index contributed by atoms with van der Waals surface area (Å²) in [4.78, 5) is 17.9. The molecule has 112 valence electrons. The fourth-order valence-corrected chi connectivity index (χ4v) is 3.35. The van der Waals surface area contributed by atoms with Crippen molar-refractivity contribution < 1.29 is 9.53 Å². The molecule has 0 radical (unpaired) electrons. The number of nitrogens with one attached hydrogen (secondary N) is 1. The first-order valence-electron chi connectivity index (χ1n) is 7.53. The maximum Gasteiger partial charge on any atom is 0.270 e. The van der Waals surface area contributed by atoms with Crippen molar-refractivity contribution in [3.05, 3.63) is 30.0 Å². The molecule has 0 aliphatic carbocycles. The third-order valence-corrected chi connectivity index (χ3v) is 4.21. The maximum absolute atomic E-state index is 12.7. The van der Waals surface area contributed by atoms with Crippen LogP contribution in [0.25, 0.3) is 10.9 Å². The number of piperidine rings is 1. The van der Waals surface area contributed by atoms with E-state index in [0.29, 0.717) is 17.5 Å². The number of methoxy groups -OCH3 is 1. The number of likely N-dealkylation sites (tertiary alicyclic amines) is 1. The maximum atomic E-state index is 12.7. The number of aromatic nitrogens is 1. The minimum atomic E-state index is 0.101. The molecule has 1 saturated heterocycles. The van der Waals surface area contributed by atoms with Crippen molar-refractivity contribution in [2.24, 2.45) is 11.8 Å². The number of fused-ring (bicyclic) bond motifs is 1. The van der Waals surface area contributed by atoms with Crippen LogP contribution < -0.4 is 4.74 Å². The summed E-state index contributed by atoms with van der Waals surface area (Å²) in [6.45, 7) is 6.13. The molecular formula is C17H22N2O2. The number of nitrogens with zero attached hydrogens (tertiary/aromatic N) is 1. The van der Waals surface area contributed by atoms with Gasteiger partial charge in [-0.25, -0.2) is 0 Å². The molecule has 21 heavy (non-hydrogen) atoms. The molecule has 1 N–H and O–H groups in total. The molecule has 4 heteroatoms. The Bertz CT molecular complexity index is 652. The number of hydrogen-bond donors (Lipinski definition) is 1. The van der Waals surface area contributed by atoms with Gasteiger partial charge >= 0.3 is 0 Å². The Morgan fingerprint density at radius 2 is 1.95 bits per heavy atom. The van der Waals surface area contributed by atoms with Crippen molar-refractivity contribution in [2.75, 3.05) is 20.2 Å². The van der Waals surface area contributed by atoms with Crippen molar-refractivity contribution in [1.29, 1.82) is 0 Å². The lowest BCUT2D eigenvalue weighted by molar-refractivity contribution is 0.0618. The lowest BCUT2D eigenvalue weighted by Gasteiger charge is -2.34. The number of amides is 1. The molecule has 3 rings (SSSR count). The standard InChI is InChI=1S/C17H22N2O2/c1-11-6-12(2)10-19(9-11)17(20)16-8-13-7-14(21-3)4-5-15(13)18-16/h4-5,7-8,11-12,18H,6,9-10H2,1-3H3/t11-,12-/m1/s1. The van der Waals surface area contributed by atoms with E-state index in [2.05, 4.69) is 18.8 Å². The molecule has 0 unspecified atom stereocenters. The van der Waals surface area contributed by atoms with E-state index in [1.807, 2.05) is 29.2 Å². The van der Waals surface area contributed by atoms with E-state index >= 15 is 0 Å². The van der Waals surface area contributed by atoms with Crippen LogP contribution in [0, 0.1) is 11.8 Å². The summed E-state index contributed by atoms with van der Waals surface area (Å²) in [6.07, 6.45) is 1.20. The van der Waals surface area contributed by atoms with Crippen molar-refractivity contribution in [2.45, 2.75) is 20.3 Å². The van der Waals surface area contributed by atoms with E-state index in [0.717, 1.165) is 29.7 Å². The molecule has 2 heterocycles. The van der Waals surface area contributed by atoms with Gasteiger partial charge in [-0.15, -0.1) is 0 Å². The normalized spacial score (nSPS) is 22.5. The van der Waals surface area contributed by atoms with Gasteiger partial charge in [0.25, 0.3) is 5.91 Å². The summed E-state index contributed by atoms with van der Waals surface area (Å²) in [5.74, 6) is 2.05. The summed E-state index contributed by atoms with van der Waals surface area (Å²) in [5.41, 5.74) is 1.64. The van der Waals surface area contributed by atoms with Gasteiger partial charge in [0.05, 0.1) is 7.11 Å². The second-order valence-corrected chi connectivity index (χ2v) is 6.29. The highest BCUT2D eigenvalue weighted by atomic mass is 16.5. The number of aromatic amines is 1. The Hall–Kier alpha value is -1.97. The SMILES string of the molecule is COc1ccc2[nH]c(C(=O)N3C[C@H](C)C[C@@H](C)C3)cc2c1. The lowest BCUT2D eigenvalue weighted by atomic mass is 9.92. The van der Waals surface area contributed by atoms with Gasteiger partial charge in [0, 0.05) is 24.0 Å². The van der Waals surface area contributed by atoms with Gasteiger partial charge in [-0.1, -0.05) is 13.8 Å². The van der Waals surface area contributed by atoms with Gasteiger partial charge in [0.2, 0.25) is 0 Å². The average molecular weight is 286 g/mol. The molecule has 4 nitrogen and oxygen atoms in total. The van der Waals surface area contributed by atoms with Crippen molar-refractivity contribution in [3.63, 3.8) is 0 Å². The van der Waals surface area contributed by atoms with Crippen LogP contribution in [0.1, 0.15) is 30.8 Å². The third kappa shape index (κ3) is 2.75. The van der Waals surface area contributed by atoms with Gasteiger partial charge in [-0.3, -0.25) is 4.79 Å². The van der Waals surface area contributed by atoms with E-state index in [9.17, 15) is 4.79 Å². The van der Waals surface area contributed by atoms with Gasteiger partial charge < -0.3 is 14.6 Å². The number of H-pyrrole nitrogens is 1. The fraction of sp³-hybridized carbons (Fsp3) is 0.471. The smallest absolute Gasteiger partial charge is 0.270 e. The Balaban J connectivity index is 1.87. The molecule has 1 aromatic heterocycles. The Morgan fingerprint density at radius 1 is 1.24 bits per heavy atom. The molecule has 2 atom stereocenters. The second-order valence-electron chi connectivity index (χ2n) is 6.29. The Labute approximate surface area is 125 Å². The highest BCUT2D eigenvalue weighted by Gasteiger charge is 2.26. The van der Waals surface area contributed by atoms with E-state index in [-0.39, 0.29) is 5.91 Å². The number of ether oxygens (including phenoxy) is 1. The first-order chi connectivity index (χ1) is 10.1. The summed E-state index contributed by atoms with van der Waals surface area (Å²) < 4.78 is 5.23. The van der Waals surface area contributed by atoms with Crippen molar-refractivity contribution in [3.8, 4) is 5.75 Å². The summed E-state index contributed by atoms with van der Waals surface area (Å²) >= 11 is 0. The monoisotopic (exact) mass is 286 g/mol.